The third kappa shape index (κ3) is 5.55. The maximum absolute atomic E-state index is 13.5. The number of aromatic nitrogens is 2. The Morgan fingerprint density at radius 2 is 1.94 bits per heavy atom. The summed E-state index contributed by atoms with van der Waals surface area (Å²) < 4.78 is 12.4. The molecule has 2 aromatic heterocycles. The van der Waals surface area contributed by atoms with Crippen LogP contribution in [-0.4, -0.2) is 88.0 Å². The normalized spacial score (nSPS) is 17.5. The summed E-state index contributed by atoms with van der Waals surface area (Å²) in [4.78, 5) is 49.1. The van der Waals surface area contributed by atoms with Crippen LogP contribution in [-0.2, 0) is 14.3 Å². The molecule has 12 heteroatoms. The summed E-state index contributed by atoms with van der Waals surface area (Å²) in [5, 5.41) is 0. The fraction of sp³-hybridized carbons (Fsp3) is 0.458. The molecule has 192 valence electrons. The number of piperazine rings is 1. The van der Waals surface area contributed by atoms with Crippen LogP contribution in [0.25, 0.3) is 11.7 Å². The highest BCUT2D eigenvalue weighted by molar-refractivity contribution is 8.26. The molecule has 4 rings (SSSR count). The van der Waals surface area contributed by atoms with E-state index in [1.807, 2.05) is 17.9 Å². The van der Waals surface area contributed by atoms with Crippen LogP contribution in [0.1, 0.15) is 25.8 Å². The molecule has 10 nitrogen and oxygen atoms in total. The number of anilines is 1. The van der Waals surface area contributed by atoms with E-state index in [9.17, 15) is 14.4 Å². The number of fused-ring (bicyclic) bond motifs is 1. The topological polar surface area (TPSA) is 96.7 Å². The molecule has 0 atom stereocenters. The number of hydrogen-bond acceptors (Lipinski definition) is 9. The van der Waals surface area contributed by atoms with Gasteiger partial charge in [-0.25, -0.2) is 9.78 Å². The van der Waals surface area contributed by atoms with Crippen molar-refractivity contribution in [2.24, 2.45) is 0 Å². The molecule has 2 aliphatic heterocycles. The SMILES string of the molecule is CCOCCCN1C(=O)/C(=C\c2c(N3CCN(C(=O)OCC)CC3)nc3ccccn3c2=O)SC1=S. The van der Waals surface area contributed by atoms with E-state index in [0.717, 1.165) is 0 Å². The third-order valence-electron chi connectivity index (χ3n) is 5.88. The first-order chi connectivity index (χ1) is 17.4. The van der Waals surface area contributed by atoms with Gasteiger partial charge in [0.05, 0.1) is 17.1 Å². The molecule has 0 spiro atoms. The van der Waals surface area contributed by atoms with Crippen molar-refractivity contribution in [1.29, 1.82) is 0 Å². The van der Waals surface area contributed by atoms with Gasteiger partial charge in [0.1, 0.15) is 15.8 Å². The molecular formula is C24H29N5O5S2. The molecule has 2 amide bonds. The maximum Gasteiger partial charge on any atom is 0.409 e. The summed E-state index contributed by atoms with van der Waals surface area (Å²) in [5.74, 6) is 0.258. The second-order valence-electron chi connectivity index (χ2n) is 8.14. The summed E-state index contributed by atoms with van der Waals surface area (Å²) in [6.07, 6.45) is 3.58. The van der Waals surface area contributed by atoms with Gasteiger partial charge in [-0.05, 0) is 38.5 Å². The molecular weight excluding hydrogens is 502 g/mol. The van der Waals surface area contributed by atoms with Crippen molar-refractivity contribution in [3.63, 3.8) is 0 Å². The van der Waals surface area contributed by atoms with Crippen LogP contribution in [0.4, 0.5) is 10.6 Å². The molecule has 0 unspecified atom stereocenters. The Labute approximate surface area is 218 Å². The van der Waals surface area contributed by atoms with Gasteiger partial charge in [-0.3, -0.25) is 18.9 Å². The number of carbonyl (C=O) groups excluding carboxylic acids is 2. The van der Waals surface area contributed by atoms with Gasteiger partial charge in [0, 0.05) is 52.1 Å². The van der Waals surface area contributed by atoms with E-state index in [4.69, 9.17) is 26.7 Å². The number of thioether (sulfide) groups is 1. The standard InChI is InChI=1S/C24H29N5O5S2/c1-3-33-15-7-10-29-22(31)18(36-24(29)35)16-17-20(25-19-8-5-6-9-28(19)21(17)30)26-11-13-27(14-12-26)23(32)34-4-2/h5-6,8-9,16H,3-4,7,10-15H2,1-2H3/b18-16+. The highest BCUT2D eigenvalue weighted by atomic mass is 32.2. The zero-order chi connectivity index (χ0) is 25.7. The van der Waals surface area contributed by atoms with Crippen LogP contribution >= 0.6 is 24.0 Å². The van der Waals surface area contributed by atoms with Crippen molar-refractivity contribution in [2.75, 3.05) is 57.4 Å². The molecule has 2 fully saturated rings. The molecule has 4 heterocycles. The fourth-order valence-corrected chi connectivity index (χ4v) is 5.36. The zero-order valence-electron chi connectivity index (χ0n) is 20.3. The Kier molecular flexibility index (Phi) is 8.60. The largest absolute Gasteiger partial charge is 0.450 e. The second kappa shape index (κ2) is 11.8. The van der Waals surface area contributed by atoms with Gasteiger partial charge >= 0.3 is 6.09 Å². The highest BCUT2D eigenvalue weighted by Crippen LogP contribution is 2.33. The fourth-order valence-electron chi connectivity index (χ4n) is 4.07. The summed E-state index contributed by atoms with van der Waals surface area (Å²) >= 11 is 6.63. The third-order valence-corrected chi connectivity index (χ3v) is 7.26. The molecule has 2 aromatic rings. The zero-order valence-corrected chi connectivity index (χ0v) is 22.0. The van der Waals surface area contributed by atoms with Crippen LogP contribution in [0.5, 0.6) is 0 Å². The van der Waals surface area contributed by atoms with Gasteiger partial charge in [-0.1, -0.05) is 30.0 Å². The van der Waals surface area contributed by atoms with E-state index < -0.39 is 0 Å². The molecule has 2 aliphatic rings. The first-order valence-corrected chi connectivity index (χ1v) is 13.2. The predicted octanol–water partition coefficient (Wildman–Crippen LogP) is 2.60. The van der Waals surface area contributed by atoms with Gasteiger partial charge in [-0.2, -0.15) is 0 Å². The van der Waals surface area contributed by atoms with Crippen molar-refractivity contribution in [3.05, 3.63) is 45.2 Å². The smallest absolute Gasteiger partial charge is 0.409 e. The van der Waals surface area contributed by atoms with Gasteiger partial charge in [0.2, 0.25) is 0 Å². The first-order valence-electron chi connectivity index (χ1n) is 12.0. The van der Waals surface area contributed by atoms with Crippen molar-refractivity contribution >= 4 is 57.8 Å². The molecule has 36 heavy (non-hydrogen) atoms. The first kappa shape index (κ1) is 26.1. The number of thiocarbonyl (C=S) groups is 1. The quantitative estimate of drug-likeness (QED) is 0.289. The maximum atomic E-state index is 13.5. The molecule has 0 bridgehead atoms. The van der Waals surface area contributed by atoms with Crippen molar-refractivity contribution < 1.29 is 19.1 Å². The van der Waals surface area contributed by atoms with E-state index in [1.165, 1.54) is 16.2 Å². The Balaban J connectivity index is 1.64. The molecule has 2 saturated heterocycles. The average Bonchev–Trinajstić information content (AvgIpc) is 3.15. The highest BCUT2D eigenvalue weighted by Gasteiger charge is 2.33. The van der Waals surface area contributed by atoms with Gasteiger partial charge in [-0.15, -0.1) is 0 Å². The van der Waals surface area contributed by atoms with E-state index in [2.05, 4.69) is 0 Å². The lowest BCUT2D eigenvalue weighted by Gasteiger charge is -2.35. The van der Waals surface area contributed by atoms with Crippen LogP contribution in [0.3, 0.4) is 0 Å². The van der Waals surface area contributed by atoms with E-state index in [0.29, 0.717) is 85.2 Å². The molecule has 0 N–H and O–H groups in total. The average molecular weight is 532 g/mol. The number of rotatable bonds is 8. The number of nitrogens with zero attached hydrogens (tertiary/aromatic N) is 5. The summed E-state index contributed by atoms with van der Waals surface area (Å²) in [6, 6.07) is 5.34. The minimum Gasteiger partial charge on any atom is -0.450 e. The molecule has 0 aliphatic carbocycles. The number of hydrogen-bond donors (Lipinski definition) is 0. The number of pyridine rings is 1. The number of carbonyl (C=O) groups is 2. The molecule has 0 aromatic carbocycles. The van der Waals surface area contributed by atoms with E-state index in [1.54, 1.807) is 41.1 Å². The number of ether oxygens (including phenoxy) is 2. The van der Waals surface area contributed by atoms with Crippen molar-refractivity contribution in [3.8, 4) is 0 Å². The summed E-state index contributed by atoms with van der Waals surface area (Å²) in [7, 11) is 0. The number of amides is 2. The Morgan fingerprint density at radius 1 is 1.17 bits per heavy atom. The Morgan fingerprint density at radius 3 is 2.67 bits per heavy atom. The van der Waals surface area contributed by atoms with Gasteiger partial charge in [0.25, 0.3) is 11.5 Å². The van der Waals surface area contributed by atoms with E-state index in [-0.39, 0.29) is 17.6 Å². The lowest BCUT2D eigenvalue weighted by molar-refractivity contribution is -0.122. The van der Waals surface area contributed by atoms with Crippen LogP contribution in [0.2, 0.25) is 0 Å². The molecule has 0 radical (unpaired) electrons. The van der Waals surface area contributed by atoms with Crippen molar-refractivity contribution in [1.82, 2.24) is 19.2 Å². The molecule has 0 saturated carbocycles. The van der Waals surface area contributed by atoms with Gasteiger partial charge < -0.3 is 19.3 Å². The van der Waals surface area contributed by atoms with Crippen LogP contribution in [0, 0.1) is 0 Å². The Bertz CT molecular complexity index is 1240. The minimum atomic E-state index is -0.350. The second-order valence-corrected chi connectivity index (χ2v) is 9.82. The van der Waals surface area contributed by atoms with Crippen LogP contribution < -0.4 is 10.5 Å². The summed E-state index contributed by atoms with van der Waals surface area (Å²) in [6.45, 7) is 7.47. The van der Waals surface area contributed by atoms with Crippen molar-refractivity contribution in [2.45, 2.75) is 20.3 Å². The lowest BCUT2D eigenvalue weighted by atomic mass is 10.2. The predicted molar refractivity (Wildman–Crippen MR) is 143 cm³/mol. The monoisotopic (exact) mass is 531 g/mol. The van der Waals surface area contributed by atoms with E-state index >= 15 is 0 Å². The minimum absolute atomic E-state index is 0.225. The van der Waals surface area contributed by atoms with Crippen LogP contribution in [0.15, 0.2) is 34.1 Å². The lowest BCUT2D eigenvalue weighted by Crippen LogP contribution is -2.49. The summed E-state index contributed by atoms with van der Waals surface area (Å²) in [5.41, 5.74) is 0.550. The van der Waals surface area contributed by atoms with Gasteiger partial charge in [0.15, 0.2) is 0 Å². The Hall–Kier alpha value is -2.96.